The molecule has 0 unspecified atom stereocenters. The largest absolute Gasteiger partial charge is 0.496 e. The second-order valence-corrected chi connectivity index (χ2v) is 7.50. The molecule has 0 fully saturated rings. The van der Waals surface area contributed by atoms with E-state index < -0.39 is 14.9 Å². The third kappa shape index (κ3) is 3.55. The predicted octanol–water partition coefficient (Wildman–Crippen LogP) is 3.60. The number of nitro benzene ring substituents is 1. The minimum atomic E-state index is -3.94. The maximum atomic E-state index is 13.2. The van der Waals surface area contributed by atoms with E-state index in [9.17, 15) is 18.5 Å². The van der Waals surface area contributed by atoms with Crippen LogP contribution in [0.2, 0.25) is 0 Å². The van der Waals surface area contributed by atoms with Crippen LogP contribution in [0.4, 0.5) is 11.4 Å². The van der Waals surface area contributed by atoms with E-state index in [1.165, 1.54) is 44.4 Å². The number of methoxy groups -OCH3 is 1. The molecule has 0 N–H and O–H groups in total. The number of sulfonamides is 1. The molecular weight excluding hydrogens is 356 g/mol. The van der Waals surface area contributed by atoms with Crippen LogP contribution in [0.5, 0.6) is 5.75 Å². The van der Waals surface area contributed by atoms with Crippen LogP contribution in [0.1, 0.15) is 11.1 Å². The number of nitro groups is 1. The molecule has 0 bridgehead atoms. The van der Waals surface area contributed by atoms with Crippen molar-refractivity contribution < 1.29 is 18.1 Å². The van der Waals surface area contributed by atoms with Gasteiger partial charge in [-0.3, -0.25) is 14.4 Å². The summed E-state index contributed by atoms with van der Waals surface area (Å²) in [5.74, 6) is 0.575. The average Bonchev–Trinajstić information content (AvgIpc) is 2.59. The van der Waals surface area contributed by atoms with Crippen LogP contribution in [-0.4, -0.2) is 27.0 Å². The molecule has 0 aliphatic carbocycles. The zero-order valence-corrected chi connectivity index (χ0v) is 15.6. The Balaban J connectivity index is 2.63. The Kier molecular flexibility index (Phi) is 5.66. The van der Waals surface area contributed by atoms with Crippen molar-refractivity contribution >= 4 is 21.4 Å². The van der Waals surface area contributed by atoms with E-state index in [4.69, 9.17) is 4.74 Å². The second-order valence-electron chi connectivity index (χ2n) is 5.63. The van der Waals surface area contributed by atoms with Gasteiger partial charge in [-0.25, -0.2) is 8.42 Å². The summed E-state index contributed by atoms with van der Waals surface area (Å²) in [7, 11) is -2.44. The van der Waals surface area contributed by atoms with Crippen LogP contribution < -0.4 is 9.04 Å². The number of hydrogen-bond acceptors (Lipinski definition) is 5. The second kappa shape index (κ2) is 7.57. The molecule has 8 heteroatoms. The van der Waals surface area contributed by atoms with Gasteiger partial charge in [0, 0.05) is 6.07 Å². The summed E-state index contributed by atoms with van der Waals surface area (Å²) in [4.78, 5) is 10.7. The Bertz CT molecular complexity index is 954. The van der Waals surface area contributed by atoms with E-state index in [0.717, 1.165) is 4.31 Å². The molecule has 0 atom stereocenters. The normalized spacial score (nSPS) is 11.0. The fraction of sp³-hybridized carbons (Fsp3) is 0.222. The van der Waals surface area contributed by atoms with Crippen molar-refractivity contribution in [3.05, 3.63) is 70.3 Å². The van der Waals surface area contributed by atoms with Crippen LogP contribution in [0.3, 0.4) is 0 Å². The van der Waals surface area contributed by atoms with Gasteiger partial charge in [-0.05, 0) is 43.7 Å². The summed E-state index contributed by atoms with van der Waals surface area (Å²) in [6, 6.07) is 8.88. The van der Waals surface area contributed by atoms with Crippen LogP contribution in [0.15, 0.2) is 53.9 Å². The Morgan fingerprint density at radius 2 is 1.96 bits per heavy atom. The fourth-order valence-corrected chi connectivity index (χ4v) is 4.24. The van der Waals surface area contributed by atoms with Gasteiger partial charge in [-0.2, -0.15) is 0 Å². The molecule has 2 aromatic carbocycles. The third-order valence-electron chi connectivity index (χ3n) is 3.99. The highest BCUT2D eigenvalue weighted by molar-refractivity contribution is 7.92. The lowest BCUT2D eigenvalue weighted by Crippen LogP contribution is -2.32. The van der Waals surface area contributed by atoms with Gasteiger partial charge in [0.15, 0.2) is 0 Å². The van der Waals surface area contributed by atoms with Gasteiger partial charge in [0.25, 0.3) is 15.7 Å². The van der Waals surface area contributed by atoms with Crippen molar-refractivity contribution in [2.24, 2.45) is 0 Å². The van der Waals surface area contributed by atoms with Crippen molar-refractivity contribution in [3.63, 3.8) is 0 Å². The first-order valence-corrected chi connectivity index (χ1v) is 9.20. The molecule has 7 nitrogen and oxygen atoms in total. The van der Waals surface area contributed by atoms with Crippen molar-refractivity contribution in [2.75, 3.05) is 18.0 Å². The first-order chi connectivity index (χ1) is 12.2. The van der Waals surface area contributed by atoms with Crippen LogP contribution >= 0.6 is 0 Å². The molecule has 0 aliphatic heterocycles. The summed E-state index contributed by atoms with van der Waals surface area (Å²) < 4.78 is 32.6. The quantitative estimate of drug-likeness (QED) is 0.418. The van der Waals surface area contributed by atoms with E-state index in [1.54, 1.807) is 19.1 Å². The Labute approximate surface area is 152 Å². The summed E-state index contributed by atoms with van der Waals surface area (Å²) >= 11 is 0. The number of nitrogens with zero attached hydrogens (tertiary/aromatic N) is 2. The molecule has 0 aliphatic rings. The number of ether oxygens (including phenoxy) is 1. The van der Waals surface area contributed by atoms with Gasteiger partial charge < -0.3 is 4.74 Å². The molecule has 0 aromatic heterocycles. The SMILES string of the molecule is C=CCN(c1cccc([N+](=O)[O-])c1C)S(=O)(=O)c1ccc(OC)c(C)c1. The topological polar surface area (TPSA) is 89.8 Å². The van der Waals surface area contributed by atoms with Crippen molar-refractivity contribution in [1.29, 1.82) is 0 Å². The Hall–Kier alpha value is -2.87. The van der Waals surface area contributed by atoms with E-state index in [2.05, 4.69) is 6.58 Å². The number of aryl methyl sites for hydroxylation is 1. The Morgan fingerprint density at radius 1 is 1.27 bits per heavy atom. The predicted molar refractivity (Wildman–Crippen MR) is 100 cm³/mol. The van der Waals surface area contributed by atoms with Crippen LogP contribution in [-0.2, 0) is 10.0 Å². The van der Waals surface area contributed by atoms with Crippen molar-refractivity contribution in [2.45, 2.75) is 18.7 Å². The maximum Gasteiger partial charge on any atom is 0.274 e. The number of rotatable bonds is 7. The van der Waals surface area contributed by atoms with E-state index in [-0.39, 0.29) is 28.4 Å². The summed E-state index contributed by atoms with van der Waals surface area (Å²) in [6.07, 6.45) is 1.44. The molecule has 2 rings (SSSR count). The highest BCUT2D eigenvalue weighted by Crippen LogP contribution is 2.33. The third-order valence-corrected chi connectivity index (χ3v) is 5.77. The van der Waals surface area contributed by atoms with E-state index in [1.807, 2.05) is 0 Å². The van der Waals surface area contributed by atoms with Gasteiger partial charge in [0.05, 0.1) is 34.7 Å². The van der Waals surface area contributed by atoms with Crippen molar-refractivity contribution in [1.82, 2.24) is 0 Å². The molecule has 138 valence electrons. The van der Waals surface area contributed by atoms with Gasteiger partial charge in [-0.1, -0.05) is 12.1 Å². The lowest BCUT2D eigenvalue weighted by molar-refractivity contribution is -0.385. The fourth-order valence-electron chi connectivity index (χ4n) is 2.66. The zero-order valence-electron chi connectivity index (χ0n) is 14.8. The molecule has 0 saturated carbocycles. The lowest BCUT2D eigenvalue weighted by Gasteiger charge is -2.25. The van der Waals surface area contributed by atoms with Gasteiger partial charge in [-0.15, -0.1) is 6.58 Å². The first-order valence-electron chi connectivity index (χ1n) is 7.76. The van der Waals surface area contributed by atoms with Crippen LogP contribution in [0.25, 0.3) is 0 Å². The number of anilines is 1. The highest BCUT2D eigenvalue weighted by Gasteiger charge is 2.28. The maximum absolute atomic E-state index is 13.2. The minimum Gasteiger partial charge on any atom is -0.496 e. The molecule has 0 spiro atoms. The van der Waals surface area contributed by atoms with Crippen molar-refractivity contribution in [3.8, 4) is 5.75 Å². The highest BCUT2D eigenvalue weighted by atomic mass is 32.2. The molecule has 0 saturated heterocycles. The zero-order chi connectivity index (χ0) is 19.5. The molecular formula is C18H20N2O5S. The summed E-state index contributed by atoms with van der Waals surface area (Å²) in [6.45, 7) is 6.86. The average molecular weight is 376 g/mol. The van der Waals surface area contributed by atoms with Crippen LogP contribution in [0, 0.1) is 24.0 Å². The van der Waals surface area contributed by atoms with E-state index in [0.29, 0.717) is 11.3 Å². The molecule has 2 aromatic rings. The molecule has 26 heavy (non-hydrogen) atoms. The lowest BCUT2D eigenvalue weighted by atomic mass is 10.1. The monoisotopic (exact) mass is 376 g/mol. The molecule has 0 heterocycles. The molecule has 0 amide bonds. The standard InChI is InChI=1S/C18H20N2O5S/c1-5-11-19(16-7-6-8-17(14(16)3)20(21)22)26(23,24)15-9-10-18(25-4)13(2)12-15/h5-10,12H,1,11H2,2-4H3. The number of benzene rings is 2. The number of hydrogen-bond donors (Lipinski definition) is 0. The Morgan fingerprint density at radius 3 is 2.50 bits per heavy atom. The minimum absolute atomic E-state index is 0.0184. The van der Waals surface area contributed by atoms with E-state index >= 15 is 0 Å². The first kappa shape index (κ1) is 19.5. The van der Waals surface area contributed by atoms with Gasteiger partial charge in [0.1, 0.15) is 5.75 Å². The molecule has 0 radical (unpaired) electrons. The summed E-state index contributed by atoms with van der Waals surface area (Å²) in [5, 5.41) is 11.2. The van der Waals surface area contributed by atoms with Gasteiger partial charge in [0.2, 0.25) is 0 Å². The summed E-state index contributed by atoms with van der Waals surface area (Å²) in [5.41, 5.74) is 1.04. The smallest absolute Gasteiger partial charge is 0.274 e. The van der Waals surface area contributed by atoms with Gasteiger partial charge >= 0.3 is 0 Å².